The molecule has 1 aromatic heterocycles. The minimum atomic E-state index is -0.785. The second-order valence-corrected chi connectivity index (χ2v) is 5.67. The van der Waals surface area contributed by atoms with Crippen molar-refractivity contribution in [3.8, 4) is 6.01 Å². The molecule has 1 aromatic rings. The monoisotopic (exact) mass is 367 g/mol. The zero-order chi connectivity index (χ0) is 18.8. The minimum absolute atomic E-state index is 0.0766. The van der Waals surface area contributed by atoms with Gasteiger partial charge < -0.3 is 23.8 Å². The fraction of sp³-hybridized carbons (Fsp3) is 0.533. The molecule has 0 aromatic carbocycles. The molecule has 1 fully saturated rings. The molecule has 2 aliphatic heterocycles. The van der Waals surface area contributed by atoms with Gasteiger partial charge in [-0.25, -0.2) is 4.79 Å². The number of esters is 2. The molecular formula is C15H17N3O8. The van der Waals surface area contributed by atoms with E-state index in [1.165, 1.54) is 26.8 Å². The van der Waals surface area contributed by atoms with E-state index in [-0.39, 0.29) is 18.1 Å². The molecule has 26 heavy (non-hydrogen) atoms. The number of carbonyl (C=O) groups excluding carboxylic acids is 3. The van der Waals surface area contributed by atoms with Crippen LogP contribution in [0.25, 0.3) is 0 Å². The molecular weight excluding hydrogens is 350 g/mol. The Morgan fingerprint density at radius 1 is 1.23 bits per heavy atom. The van der Waals surface area contributed by atoms with Crippen LogP contribution in [0.3, 0.4) is 0 Å². The Labute approximate surface area is 147 Å². The lowest BCUT2D eigenvalue weighted by molar-refractivity contribution is -0.157. The first-order chi connectivity index (χ1) is 12.3. The summed E-state index contributed by atoms with van der Waals surface area (Å²) < 4.78 is 23.4. The number of hydrogen-bond donors (Lipinski definition) is 0. The third-order valence-electron chi connectivity index (χ3n) is 3.64. The van der Waals surface area contributed by atoms with E-state index in [1.807, 2.05) is 0 Å². The van der Waals surface area contributed by atoms with Crippen molar-refractivity contribution in [3.05, 3.63) is 17.8 Å². The smallest absolute Gasteiger partial charge is 0.332 e. The van der Waals surface area contributed by atoms with Crippen LogP contribution in [0, 0.1) is 0 Å². The average molecular weight is 367 g/mol. The van der Waals surface area contributed by atoms with E-state index >= 15 is 0 Å². The van der Waals surface area contributed by atoms with Gasteiger partial charge in [0.05, 0.1) is 0 Å². The van der Waals surface area contributed by atoms with Crippen molar-refractivity contribution in [1.29, 1.82) is 0 Å². The summed E-state index contributed by atoms with van der Waals surface area (Å²) in [5, 5.41) is 3.57. The van der Waals surface area contributed by atoms with Crippen molar-refractivity contribution in [2.45, 2.75) is 45.3 Å². The predicted octanol–water partition coefficient (Wildman–Crippen LogP) is -0.585. The molecule has 0 radical (unpaired) electrons. The summed E-state index contributed by atoms with van der Waals surface area (Å²) in [6, 6.07) is 1.67. The number of rotatable bonds is 4. The topological polar surface area (TPSA) is 128 Å². The predicted molar refractivity (Wildman–Crippen MR) is 80.1 cm³/mol. The first-order valence-corrected chi connectivity index (χ1v) is 7.78. The van der Waals surface area contributed by atoms with Gasteiger partial charge in [0, 0.05) is 33.0 Å². The zero-order valence-electron chi connectivity index (χ0n) is 14.3. The van der Waals surface area contributed by atoms with Gasteiger partial charge in [-0.05, 0) is 0 Å². The van der Waals surface area contributed by atoms with E-state index < -0.39 is 42.4 Å². The summed E-state index contributed by atoms with van der Waals surface area (Å²) in [5.41, 5.74) is 0.131. The Balaban J connectivity index is 1.83. The van der Waals surface area contributed by atoms with Crippen molar-refractivity contribution in [1.82, 2.24) is 9.55 Å². The minimum Gasteiger partial charge on any atom is -0.463 e. The maximum Gasteiger partial charge on any atom is 0.332 e. The number of ether oxygens (including phenoxy) is 4. The molecule has 4 atom stereocenters. The Hall–Kier alpha value is -2.95. The van der Waals surface area contributed by atoms with E-state index in [4.69, 9.17) is 18.9 Å². The normalized spacial score (nSPS) is 26.5. The Morgan fingerprint density at radius 3 is 2.65 bits per heavy atom. The van der Waals surface area contributed by atoms with Crippen molar-refractivity contribution < 1.29 is 38.2 Å². The first-order valence-electron chi connectivity index (χ1n) is 7.78. The number of hydrogen-bond acceptors (Lipinski definition) is 10. The second kappa shape index (κ2) is 7.12. The molecule has 140 valence electrons. The van der Waals surface area contributed by atoms with Gasteiger partial charge in [0.25, 0.3) is 0 Å². The maximum atomic E-state index is 11.4. The van der Waals surface area contributed by atoms with Gasteiger partial charge in [-0.3, -0.25) is 14.2 Å². The van der Waals surface area contributed by atoms with E-state index in [2.05, 4.69) is 15.0 Å². The molecule has 0 aliphatic carbocycles. The van der Waals surface area contributed by atoms with E-state index in [1.54, 1.807) is 10.8 Å². The van der Waals surface area contributed by atoms with Crippen LogP contribution in [0.4, 0.5) is 0 Å². The van der Waals surface area contributed by atoms with Gasteiger partial charge in [0.2, 0.25) is 0 Å². The molecule has 11 nitrogen and oxygen atoms in total. The van der Waals surface area contributed by atoms with Gasteiger partial charge in [-0.1, -0.05) is 5.16 Å². The second-order valence-electron chi connectivity index (χ2n) is 5.67. The summed E-state index contributed by atoms with van der Waals surface area (Å²) in [4.78, 5) is 41.9. The molecule has 3 heterocycles. The Kier molecular flexibility index (Phi) is 4.89. The summed E-state index contributed by atoms with van der Waals surface area (Å²) >= 11 is 0. The van der Waals surface area contributed by atoms with Gasteiger partial charge in [-0.2, -0.15) is 4.98 Å². The molecule has 0 spiro atoms. The van der Waals surface area contributed by atoms with Crippen LogP contribution in [0.15, 0.2) is 17.4 Å². The van der Waals surface area contributed by atoms with Crippen molar-refractivity contribution in [2.75, 3.05) is 6.61 Å². The largest absolute Gasteiger partial charge is 0.463 e. The average Bonchev–Trinajstić information content (AvgIpc) is 3.07. The summed E-state index contributed by atoms with van der Waals surface area (Å²) in [7, 11) is 0. The SMILES string of the molecule is CC(=O)OCC1OC2C(Oc3n/c(=N/OC(C)=O)ccn32)C1OC(C)=O. The third kappa shape index (κ3) is 3.67. The molecule has 4 unspecified atom stereocenters. The van der Waals surface area contributed by atoms with Crippen LogP contribution in [0.1, 0.15) is 27.0 Å². The van der Waals surface area contributed by atoms with Crippen molar-refractivity contribution in [3.63, 3.8) is 0 Å². The lowest BCUT2D eigenvalue weighted by Crippen LogP contribution is -2.39. The lowest BCUT2D eigenvalue weighted by Gasteiger charge is -2.20. The lowest BCUT2D eigenvalue weighted by atomic mass is 10.1. The highest BCUT2D eigenvalue weighted by atomic mass is 16.7. The van der Waals surface area contributed by atoms with E-state index in [9.17, 15) is 14.4 Å². The zero-order valence-corrected chi connectivity index (χ0v) is 14.3. The van der Waals surface area contributed by atoms with Crippen LogP contribution >= 0.6 is 0 Å². The molecule has 1 saturated heterocycles. The van der Waals surface area contributed by atoms with Gasteiger partial charge in [-0.15, -0.1) is 0 Å². The Morgan fingerprint density at radius 2 is 2.00 bits per heavy atom. The summed E-state index contributed by atoms with van der Waals surface area (Å²) in [6.07, 6.45) is -1.16. The molecule has 0 amide bonds. The quantitative estimate of drug-likeness (QED) is 0.390. The number of fused-ring (bicyclic) bond motifs is 3. The Bertz CT molecular complexity index is 804. The summed E-state index contributed by atoms with van der Waals surface area (Å²) in [6.45, 7) is 3.68. The van der Waals surface area contributed by atoms with Crippen LogP contribution in [-0.2, 0) is 33.4 Å². The number of carbonyl (C=O) groups is 3. The molecule has 2 aliphatic rings. The van der Waals surface area contributed by atoms with Crippen LogP contribution in [0.2, 0.25) is 0 Å². The molecule has 0 bridgehead atoms. The maximum absolute atomic E-state index is 11.4. The van der Waals surface area contributed by atoms with E-state index in [0.29, 0.717) is 0 Å². The first kappa shape index (κ1) is 17.9. The van der Waals surface area contributed by atoms with Crippen LogP contribution in [-0.4, -0.2) is 52.4 Å². The standard InChI is InChI=1S/C15H17N3O8/c1-7(19)22-6-10-12(23-8(2)20)13-14(24-10)18-5-4-11(16-15(18)25-13)17-26-9(3)21/h4-5,10,12-14H,6H2,1-3H3/b17-11+. The van der Waals surface area contributed by atoms with E-state index in [0.717, 1.165) is 0 Å². The third-order valence-corrected chi connectivity index (χ3v) is 3.64. The van der Waals surface area contributed by atoms with Crippen molar-refractivity contribution in [2.24, 2.45) is 5.16 Å². The number of aromatic nitrogens is 2. The van der Waals surface area contributed by atoms with Gasteiger partial charge in [0.15, 0.2) is 23.9 Å². The highest BCUT2D eigenvalue weighted by Gasteiger charge is 2.54. The molecule has 0 saturated carbocycles. The number of nitrogens with zero attached hydrogens (tertiary/aromatic N) is 3. The fourth-order valence-corrected chi connectivity index (χ4v) is 2.69. The highest BCUT2D eigenvalue weighted by molar-refractivity contribution is 5.67. The summed E-state index contributed by atoms with van der Waals surface area (Å²) in [5.74, 6) is -1.57. The van der Waals surface area contributed by atoms with Gasteiger partial charge >= 0.3 is 23.9 Å². The van der Waals surface area contributed by atoms with Crippen LogP contribution < -0.4 is 10.2 Å². The van der Waals surface area contributed by atoms with Crippen molar-refractivity contribution >= 4 is 17.9 Å². The molecule has 0 N–H and O–H groups in total. The molecule has 11 heteroatoms. The fourth-order valence-electron chi connectivity index (χ4n) is 2.69. The van der Waals surface area contributed by atoms with Gasteiger partial charge in [0.1, 0.15) is 12.7 Å². The van der Waals surface area contributed by atoms with Crippen LogP contribution in [0.5, 0.6) is 6.01 Å². The molecule has 3 rings (SSSR count). The highest BCUT2D eigenvalue weighted by Crippen LogP contribution is 2.40.